The lowest BCUT2D eigenvalue weighted by molar-refractivity contribution is 1.02. The van der Waals surface area contributed by atoms with E-state index in [4.69, 9.17) is 9.97 Å². The summed E-state index contributed by atoms with van der Waals surface area (Å²) in [7, 11) is 3.75. The van der Waals surface area contributed by atoms with E-state index in [1.165, 1.54) is 20.2 Å². The molecule has 0 aliphatic carbocycles. The molecule has 35 heavy (non-hydrogen) atoms. The van der Waals surface area contributed by atoms with Gasteiger partial charge in [-0.15, -0.1) is 11.3 Å². The molecule has 170 valence electrons. The Morgan fingerprint density at radius 1 is 0.686 bits per heavy atom. The summed E-state index contributed by atoms with van der Waals surface area (Å²) in [6.45, 7) is 0. The highest BCUT2D eigenvalue weighted by atomic mass is 32.1. The van der Waals surface area contributed by atoms with Gasteiger partial charge in [-0.2, -0.15) is 0 Å². The lowest BCUT2D eigenvalue weighted by Crippen LogP contribution is -1.97. The number of hydrogen-bond donors (Lipinski definition) is 1. The van der Waals surface area contributed by atoms with Crippen LogP contribution in [0.4, 0.5) is 0 Å². The van der Waals surface area contributed by atoms with Gasteiger partial charge in [0.25, 0.3) is 0 Å². The van der Waals surface area contributed by atoms with Crippen molar-refractivity contribution >= 4 is 53.4 Å². The summed E-state index contributed by atoms with van der Waals surface area (Å²) in [5, 5.41) is 6.47. The van der Waals surface area contributed by atoms with Crippen LogP contribution in [0, 0.1) is 0 Å². The molecule has 1 N–H and O–H groups in total. The third-order valence-electron chi connectivity index (χ3n) is 5.99. The largest absolute Gasteiger partial charge is 0.323 e. The molecule has 0 spiro atoms. The molecule has 7 aromatic rings. The van der Waals surface area contributed by atoms with Gasteiger partial charge in [-0.3, -0.25) is 14.5 Å². The molecule has 0 bridgehead atoms. The van der Waals surface area contributed by atoms with Crippen molar-refractivity contribution in [3.8, 4) is 16.9 Å². The van der Waals surface area contributed by atoms with Crippen LogP contribution in [0.15, 0.2) is 97.6 Å². The van der Waals surface area contributed by atoms with E-state index in [1.54, 1.807) is 6.20 Å². The van der Waals surface area contributed by atoms with E-state index in [0.717, 1.165) is 38.9 Å². The normalized spacial score (nSPS) is 11.3. The Morgan fingerprint density at radius 3 is 2.40 bits per heavy atom. The predicted molar refractivity (Wildman–Crippen MR) is 147 cm³/mol. The van der Waals surface area contributed by atoms with Gasteiger partial charge in [0, 0.05) is 55.9 Å². The SMILES string of the molecule is CNC.c1cncc(-c2ccnc(-n3c4cc5sc6ccccc6c5cc4c4ncccc43)c2)c1. The predicted octanol–water partition coefficient (Wildman–Crippen LogP) is 6.84. The Balaban J connectivity index is 0.000000727. The topological polar surface area (TPSA) is 55.6 Å². The zero-order valence-electron chi connectivity index (χ0n) is 19.4. The lowest BCUT2D eigenvalue weighted by atomic mass is 10.1. The minimum atomic E-state index is 0.875. The second kappa shape index (κ2) is 8.91. The number of nitrogens with zero attached hydrogens (tertiary/aromatic N) is 4. The van der Waals surface area contributed by atoms with Crippen molar-refractivity contribution in [2.24, 2.45) is 0 Å². The molecular weight excluding hydrogens is 450 g/mol. The zero-order valence-corrected chi connectivity index (χ0v) is 20.3. The molecule has 7 rings (SSSR count). The Bertz CT molecular complexity index is 1800. The van der Waals surface area contributed by atoms with E-state index in [2.05, 4.69) is 69.5 Å². The van der Waals surface area contributed by atoms with Crippen molar-refractivity contribution in [1.82, 2.24) is 24.8 Å². The molecule has 5 nitrogen and oxygen atoms in total. The lowest BCUT2D eigenvalue weighted by Gasteiger charge is -2.09. The Kier molecular flexibility index (Phi) is 5.45. The van der Waals surface area contributed by atoms with Crippen molar-refractivity contribution in [2.75, 3.05) is 14.1 Å². The molecule has 2 aromatic carbocycles. The first-order valence-electron chi connectivity index (χ1n) is 11.4. The monoisotopic (exact) mass is 473 g/mol. The van der Waals surface area contributed by atoms with Crippen molar-refractivity contribution in [3.63, 3.8) is 0 Å². The van der Waals surface area contributed by atoms with Crippen molar-refractivity contribution in [1.29, 1.82) is 0 Å². The summed E-state index contributed by atoms with van der Waals surface area (Å²) < 4.78 is 4.79. The smallest absolute Gasteiger partial charge is 0.138 e. The first-order chi connectivity index (χ1) is 17.3. The van der Waals surface area contributed by atoms with Gasteiger partial charge in [-0.1, -0.05) is 24.3 Å². The van der Waals surface area contributed by atoms with Gasteiger partial charge < -0.3 is 5.32 Å². The highest BCUT2D eigenvalue weighted by molar-refractivity contribution is 7.25. The second-order valence-corrected chi connectivity index (χ2v) is 9.40. The summed E-state index contributed by atoms with van der Waals surface area (Å²) in [6, 6.07) is 25.5. The van der Waals surface area contributed by atoms with Crippen molar-refractivity contribution in [3.05, 3.63) is 97.6 Å². The van der Waals surface area contributed by atoms with Gasteiger partial charge in [0.2, 0.25) is 0 Å². The number of nitrogens with one attached hydrogen (secondary N) is 1. The average Bonchev–Trinajstić information content (AvgIpc) is 3.43. The van der Waals surface area contributed by atoms with Crippen LogP contribution in [0.25, 0.3) is 59.1 Å². The first-order valence-corrected chi connectivity index (χ1v) is 12.3. The third kappa shape index (κ3) is 3.64. The molecule has 5 aromatic heterocycles. The van der Waals surface area contributed by atoms with Crippen LogP contribution in [0.3, 0.4) is 0 Å². The van der Waals surface area contributed by atoms with Gasteiger partial charge in [0.1, 0.15) is 5.82 Å². The number of fused-ring (bicyclic) bond motifs is 6. The summed E-state index contributed by atoms with van der Waals surface area (Å²) in [6.07, 6.45) is 7.40. The van der Waals surface area contributed by atoms with Crippen molar-refractivity contribution < 1.29 is 0 Å². The molecule has 0 fully saturated rings. The minimum absolute atomic E-state index is 0.875. The molecule has 0 unspecified atom stereocenters. The summed E-state index contributed by atoms with van der Waals surface area (Å²) >= 11 is 1.83. The molecule has 0 radical (unpaired) electrons. The minimum Gasteiger partial charge on any atom is -0.323 e. The fourth-order valence-electron chi connectivity index (χ4n) is 4.55. The average molecular weight is 474 g/mol. The standard InChI is InChI=1S/C27H16N4S.C2H7N/c1-2-8-24-19(6-1)20-14-21-23(15-25(20)32-24)31(22-7-4-11-30-27(21)22)26-13-17(9-12-29-26)18-5-3-10-28-16-18;1-3-2/h1-16H;3H,1-2H3. The summed E-state index contributed by atoms with van der Waals surface area (Å²) in [4.78, 5) is 13.8. The van der Waals surface area contributed by atoms with Crippen LogP contribution in [0.2, 0.25) is 0 Å². The molecule has 5 heterocycles. The first kappa shape index (κ1) is 21.4. The number of pyridine rings is 3. The second-order valence-electron chi connectivity index (χ2n) is 8.31. The van der Waals surface area contributed by atoms with E-state index in [1.807, 2.05) is 62.2 Å². The maximum absolute atomic E-state index is 4.75. The molecule has 0 aliphatic rings. The highest BCUT2D eigenvalue weighted by Crippen LogP contribution is 2.39. The number of thiophene rings is 1. The zero-order chi connectivity index (χ0) is 23.8. The number of hydrogen-bond acceptors (Lipinski definition) is 5. The number of rotatable bonds is 2. The Labute approximate surface area is 206 Å². The summed E-state index contributed by atoms with van der Waals surface area (Å²) in [5.74, 6) is 0.875. The van der Waals surface area contributed by atoms with Gasteiger partial charge in [0.05, 0.1) is 16.6 Å². The van der Waals surface area contributed by atoms with Crippen LogP contribution in [-0.2, 0) is 0 Å². The van der Waals surface area contributed by atoms with Crippen LogP contribution in [0.5, 0.6) is 0 Å². The van der Waals surface area contributed by atoms with Crippen LogP contribution >= 0.6 is 11.3 Å². The Morgan fingerprint density at radius 2 is 1.54 bits per heavy atom. The maximum Gasteiger partial charge on any atom is 0.138 e. The molecule has 0 saturated heterocycles. The quantitative estimate of drug-likeness (QED) is 0.299. The van der Waals surface area contributed by atoms with Gasteiger partial charge in [-0.25, -0.2) is 4.98 Å². The van der Waals surface area contributed by atoms with Gasteiger partial charge >= 0.3 is 0 Å². The fourth-order valence-corrected chi connectivity index (χ4v) is 5.67. The van der Waals surface area contributed by atoms with E-state index < -0.39 is 0 Å². The van der Waals surface area contributed by atoms with E-state index in [-0.39, 0.29) is 0 Å². The molecule has 0 saturated carbocycles. The Hall–Kier alpha value is -4.13. The molecule has 0 atom stereocenters. The molecular formula is C29H23N5S. The highest BCUT2D eigenvalue weighted by Gasteiger charge is 2.17. The molecule has 0 amide bonds. The molecule has 0 aliphatic heterocycles. The van der Waals surface area contributed by atoms with Crippen LogP contribution in [0.1, 0.15) is 0 Å². The van der Waals surface area contributed by atoms with E-state index in [9.17, 15) is 0 Å². The van der Waals surface area contributed by atoms with E-state index >= 15 is 0 Å². The van der Waals surface area contributed by atoms with Gasteiger partial charge in [0.15, 0.2) is 0 Å². The number of benzene rings is 2. The summed E-state index contributed by atoms with van der Waals surface area (Å²) in [5.41, 5.74) is 5.33. The van der Waals surface area contributed by atoms with E-state index in [0.29, 0.717) is 0 Å². The number of aromatic nitrogens is 4. The maximum atomic E-state index is 4.75. The third-order valence-corrected chi connectivity index (χ3v) is 7.12. The van der Waals surface area contributed by atoms with Gasteiger partial charge in [-0.05, 0) is 68.2 Å². The molecule has 6 heteroatoms. The van der Waals surface area contributed by atoms with Crippen LogP contribution in [-0.4, -0.2) is 33.6 Å². The van der Waals surface area contributed by atoms with Crippen molar-refractivity contribution in [2.45, 2.75) is 0 Å². The fraction of sp³-hybridized carbons (Fsp3) is 0.0690. The van der Waals surface area contributed by atoms with Crippen LogP contribution < -0.4 is 5.32 Å².